The molecule has 0 radical (unpaired) electrons. The molecule has 0 spiro atoms. The van der Waals surface area contributed by atoms with Gasteiger partial charge in [0.1, 0.15) is 11.6 Å². The SMILES string of the molecule is Cc1cc(N2CCCCC2)nc(Nc2ccc(NC(=O)c3cc(C4CC4)on3)cc2)n1. The Morgan fingerprint density at radius 2 is 1.77 bits per heavy atom. The van der Waals surface area contributed by atoms with Gasteiger partial charge < -0.3 is 20.1 Å². The van der Waals surface area contributed by atoms with Crippen LogP contribution in [0.5, 0.6) is 0 Å². The van der Waals surface area contributed by atoms with Crippen LogP contribution < -0.4 is 15.5 Å². The van der Waals surface area contributed by atoms with E-state index in [1.54, 1.807) is 6.07 Å². The van der Waals surface area contributed by atoms with Crippen molar-refractivity contribution < 1.29 is 9.32 Å². The summed E-state index contributed by atoms with van der Waals surface area (Å²) in [7, 11) is 0. The van der Waals surface area contributed by atoms with Crippen molar-refractivity contribution in [3.63, 3.8) is 0 Å². The lowest BCUT2D eigenvalue weighted by atomic mass is 10.1. The Kier molecular flexibility index (Phi) is 5.28. The lowest BCUT2D eigenvalue weighted by Gasteiger charge is -2.28. The summed E-state index contributed by atoms with van der Waals surface area (Å²) in [6.45, 7) is 4.06. The van der Waals surface area contributed by atoms with Gasteiger partial charge in [0.25, 0.3) is 5.91 Å². The number of hydrogen-bond donors (Lipinski definition) is 2. The molecule has 0 unspecified atom stereocenters. The number of aryl methyl sites for hydroxylation is 1. The second-order valence-electron chi connectivity index (χ2n) is 8.28. The van der Waals surface area contributed by atoms with Gasteiger partial charge in [0.05, 0.1) is 0 Å². The van der Waals surface area contributed by atoms with Crippen molar-refractivity contribution in [2.24, 2.45) is 0 Å². The number of anilines is 4. The van der Waals surface area contributed by atoms with Crippen molar-refractivity contribution in [2.45, 2.75) is 44.9 Å². The van der Waals surface area contributed by atoms with Crippen LogP contribution in [0.15, 0.2) is 40.9 Å². The maximum Gasteiger partial charge on any atom is 0.277 e. The summed E-state index contributed by atoms with van der Waals surface area (Å²) in [5, 5.41) is 10.0. The molecule has 2 N–H and O–H groups in total. The Bertz CT molecular complexity index is 1070. The minimum absolute atomic E-state index is 0.274. The minimum atomic E-state index is -0.274. The predicted molar refractivity (Wildman–Crippen MR) is 119 cm³/mol. The number of benzene rings is 1. The zero-order valence-electron chi connectivity index (χ0n) is 17.6. The molecule has 3 heterocycles. The quantitative estimate of drug-likeness (QED) is 0.602. The maximum atomic E-state index is 12.4. The third-order valence-electron chi connectivity index (χ3n) is 5.66. The van der Waals surface area contributed by atoms with Gasteiger partial charge in [0.2, 0.25) is 5.95 Å². The Labute approximate surface area is 181 Å². The molecule has 0 atom stereocenters. The number of carbonyl (C=O) groups is 1. The molecule has 160 valence electrons. The van der Waals surface area contributed by atoms with E-state index in [1.807, 2.05) is 37.3 Å². The molecular formula is C23H26N6O2. The molecule has 0 bridgehead atoms. The van der Waals surface area contributed by atoms with Crippen molar-refractivity contribution in [3.8, 4) is 0 Å². The standard InChI is InChI=1S/C23H26N6O2/c1-15-13-21(29-11-3-2-4-12-29)27-23(24-15)26-18-9-7-17(8-10-18)25-22(30)19-14-20(31-28-19)16-5-6-16/h7-10,13-14,16H,2-6,11-12H2,1H3,(H,25,30)(H,24,26,27). The second-order valence-corrected chi connectivity index (χ2v) is 8.28. The number of nitrogens with one attached hydrogen (secondary N) is 2. The van der Waals surface area contributed by atoms with Crippen molar-refractivity contribution >= 4 is 29.0 Å². The zero-order valence-corrected chi connectivity index (χ0v) is 17.6. The van der Waals surface area contributed by atoms with Crippen LogP contribution in [-0.4, -0.2) is 34.1 Å². The van der Waals surface area contributed by atoms with Gasteiger partial charge in [-0.1, -0.05) is 5.16 Å². The van der Waals surface area contributed by atoms with Gasteiger partial charge in [0, 0.05) is 48.2 Å². The molecule has 5 rings (SSSR count). The molecule has 3 aromatic rings. The van der Waals surface area contributed by atoms with Crippen LogP contribution in [0.3, 0.4) is 0 Å². The van der Waals surface area contributed by atoms with E-state index in [0.717, 1.165) is 48.9 Å². The van der Waals surface area contributed by atoms with E-state index >= 15 is 0 Å². The smallest absolute Gasteiger partial charge is 0.277 e. The molecule has 1 saturated carbocycles. The summed E-state index contributed by atoms with van der Waals surface area (Å²) in [4.78, 5) is 23.9. The van der Waals surface area contributed by atoms with Crippen LogP contribution >= 0.6 is 0 Å². The lowest BCUT2D eigenvalue weighted by Crippen LogP contribution is -2.30. The van der Waals surface area contributed by atoms with Crippen LogP contribution in [0.2, 0.25) is 0 Å². The van der Waals surface area contributed by atoms with E-state index < -0.39 is 0 Å². The molecule has 8 nitrogen and oxygen atoms in total. The van der Waals surface area contributed by atoms with Gasteiger partial charge in [-0.15, -0.1) is 0 Å². The molecule has 1 aromatic carbocycles. The van der Waals surface area contributed by atoms with Gasteiger partial charge in [-0.3, -0.25) is 4.79 Å². The Morgan fingerprint density at radius 3 is 2.52 bits per heavy atom. The number of nitrogens with zero attached hydrogens (tertiary/aromatic N) is 4. The van der Waals surface area contributed by atoms with E-state index in [1.165, 1.54) is 19.3 Å². The van der Waals surface area contributed by atoms with Crippen LogP contribution in [0.1, 0.15) is 60.0 Å². The largest absolute Gasteiger partial charge is 0.360 e. The first-order chi connectivity index (χ1) is 15.1. The molecule has 2 fully saturated rings. The van der Waals surface area contributed by atoms with Crippen LogP contribution in [0.4, 0.5) is 23.1 Å². The van der Waals surface area contributed by atoms with E-state index in [9.17, 15) is 4.79 Å². The molecule has 2 aliphatic rings. The van der Waals surface area contributed by atoms with Crippen LogP contribution in [-0.2, 0) is 0 Å². The minimum Gasteiger partial charge on any atom is -0.360 e. The monoisotopic (exact) mass is 418 g/mol. The highest BCUT2D eigenvalue weighted by molar-refractivity contribution is 6.02. The fourth-order valence-corrected chi connectivity index (χ4v) is 3.81. The maximum absolute atomic E-state index is 12.4. The molecule has 2 aromatic heterocycles. The number of carbonyl (C=O) groups excluding carboxylic acids is 1. The van der Waals surface area contributed by atoms with Crippen molar-refractivity contribution in [2.75, 3.05) is 28.6 Å². The van der Waals surface area contributed by atoms with E-state index in [-0.39, 0.29) is 5.91 Å². The number of hydrogen-bond acceptors (Lipinski definition) is 7. The zero-order chi connectivity index (χ0) is 21.2. The van der Waals surface area contributed by atoms with Crippen LogP contribution in [0.25, 0.3) is 0 Å². The Balaban J connectivity index is 1.23. The average molecular weight is 419 g/mol. The van der Waals surface area contributed by atoms with Gasteiger partial charge in [-0.2, -0.15) is 4.98 Å². The summed E-state index contributed by atoms with van der Waals surface area (Å²) in [5.41, 5.74) is 2.78. The Morgan fingerprint density at radius 1 is 1.03 bits per heavy atom. The average Bonchev–Trinajstić information content (AvgIpc) is 3.51. The number of amides is 1. The highest BCUT2D eigenvalue weighted by Gasteiger charge is 2.28. The Hall–Kier alpha value is -3.42. The summed E-state index contributed by atoms with van der Waals surface area (Å²) < 4.78 is 5.26. The first-order valence-electron chi connectivity index (χ1n) is 10.9. The third-order valence-corrected chi connectivity index (χ3v) is 5.66. The molecule has 8 heteroatoms. The fourth-order valence-electron chi connectivity index (χ4n) is 3.81. The van der Waals surface area contributed by atoms with E-state index in [4.69, 9.17) is 9.51 Å². The second kappa shape index (κ2) is 8.37. The van der Waals surface area contributed by atoms with Gasteiger partial charge in [-0.05, 0) is 63.3 Å². The van der Waals surface area contributed by atoms with Crippen molar-refractivity contribution in [3.05, 3.63) is 53.5 Å². The number of piperidine rings is 1. The summed E-state index contributed by atoms with van der Waals surface area (Å²) >= 11 is 0. The topological polar surface area (TPSA) is 96.2 Å². The number of aromatic nitrogens is 3. The predicted octanol–water partition coefficient (Wildman–Crippen LogP) is 4.64. The third kappa shape index (κ3) is 4.68. The van der Waals surface area contributed by atoms with Crippen LogP contribution in [0, 0.1) is 6.92 Å². The summed E-state index contributed by atoms with van der Waals surface area (Å²) in [5.74, 6) is 2.50. The summed E-state index contributed by atoms with van der Waals surface area (Å²) in [6.07, 6.45) is 5.90. The van der Waals surface area contributed by atoms with E-state index in [0.29, 0.717) is 23.2 Å². The first kappa shape index (κ1) is 19.5. The molecule has 31 heavy (non-hydrogen) atoms. The van der Waals surface area contributed by atoms with Crippen molar-refractivity contribution in [1.29, 1.82) is 0 Å². The van der Waals surface area contributed by atoms with Crippen molar-refractivity contribution in [1.82, 2.24) is 15.1 Å². The molecule has 1 saturated heterocycles. The fraction of sp³-hybridized carbons (Fsp3) is 0.391. The molecule has 1 aliphatic heterocycles. The van der Waals surface area contributed by atoms with Gasteiger partial charge in [0.15, 0.2) is 5.69 Å². The normalized spacial score (nSPS) is 16.2. The highest BCUT2D eigenvalue weighted by atomic mass is 16.5. The van der Waals surface area contributed by atoms with E-state index in [2.05, 4.69) is 25.7 Å². The molecular weight excluding hydrogens is 392 g/mol. The van der Waals surface area contributed by atoms with Gasteiger partial charge >= 0.3 is 0 Å². The molecule has 1 aliphatic carbocycles. The van der Waals surface area contributed by atoms with Gasteiger partial charge in [-0.25, -0.2) is 4.98 Å². The molecule has 1 amide bonds. The highest BCUT2D eigenvalue weighted by Crippen LogP contribution is 2.40. The summed E-state index contributed by atoms with van der Waals surface area (Å²) in [6, 6.07) is 11.2. The lowest BCUT2D eigenvalue weighted by molar-refractivity contribution is 0.101. The first-order valence-corrected chi connectivity index (χ1v) is 10.9. The number of rotatable bonds is 6.